The molecule has 0 heterocycles. The first kappa shape index (κ1) is 14.7. The molecule has 0 bridgehead atoms. The maximum absolute atomic E-state index is 11.3. The van der Waals surface area contributed by atoms with Gasteiger partial charge in [-0.15, -0.1) is 0 Å². The van der Waals surface area contributed by atoms with Crippen LogP contribution in [0.4, 0.5) is 0 Å². The Morgan fingerprint density at radius 3 is 2.35 bits per heavy atom. The van der Waals surface area contributed by atoms with Crippen LogP contribution in [0.2, 0.25) is 0 Å². The lowest BCUT2D eigenvalue weighted by Gasteiger charge is -2.39. The van der Waals surface area contributed by atoms with Crippen molar-refractivity contribution >= 4 is 6.29 Å². The molecule has 1 fully saturated rings. The molecular weight excluding hydrogens is 214 g/mol. The van der Waals surface area contributed by atoms with Crippen molar-refractivity contribution in [2.24, 2.45) is 5.41 Å². The van der Waals surface area contributed by atoms with E-state index in [9.17, 15) is 9.90 Å². The second-order valence-corrected chi connectivity index (χ2v) is 5.52. The molecule has 3 heteroatoms. The minimum absolute atomic E-state index is 0.216. The Morgan fingerprint density at radius 1 is 1.29 bits per heavy atom. The van der Waals surface area contributed by atoms with Crippen molar-refractivity contribution in [2.45, 2.75) is 64.5 Å². The van der Waals surface area contributed by atoms with Crippen molar-refractivity contribution in [3.8, 4) is 0 Å². The number of aldehydes is 1. The zero-order valence-corrected chi connectivity index (χ0v) is 11.5. The van der Waals surface area contributed by atoms with Crippen molar-refractivity contribution in [3.05, 3.63) is 0 Å². The first-order chi connectivity index (χ1) is 8.08. The molecule has 0 aliphatic heterocycles. The van der Waals surface area contributed by atoms with Crippen molar-refractivity contribution < 1.29 is 9.90 Å². The van der Waals surface area contributed by atoms with Crippen molar-refractivity contribution in [1.82, 2.24) is 4.90 Å². The van der Waals surface area contributed by atoms with Gasteiger partial charge in [0.25, 0.3) is 0 Å². The molecule has 0 aromatic rings. The molecule has 0 spiro atoms. The summed E-state index contributed by atoms with van der Waals surface area (Å²) in [7, 11) is 2.04. The molecule has 1 N–H and O–H groups in total. The van der Waals surface area contributed by atoms with Gasteiger partial charge in [-0.05, 0) is 32.7 Å². The van der Waals surface area contributed by atoms with Crippen LogP contribution in [0.5, 0.6) is 0 Å². The Hall–Kier alpha value is -0.410. The Morgan fingerprint density at radius 2 is 1.88 bits per heavy atom. The Labute approximate surface area is 105 Å². The molecule has 1 aliphatic rings. The van der Waals surface area contributed by atoms with Gasteiger partial charge in [-0.3, -0.25) is 4.90 Å². The second kappa shape index (κ2) is 6.50. The van der Waals surface area contributed by atoms with Crippen molar-refractivity contribution in [2.75, 3.05) is 13.6 Å². The Bertz CT molecular complexity index is 238. The molecule has 17 heavy (non-hydrogen) atoms. The molecule has 0 aromatic heterocycles. The van der Waals surface area contributed by atoms with E-state index in [1.165, 1.54) is 6.42 Å². The number of aliphatic hydroxyl groups is 1. The molecule has 1 aliphatic carbocycles. The summed E-state index contributed by atoms with van der Waals surface area (Å²) in [5.74, 6) is 0. The lowest BCUT2D eigenvalue weighted by molar-refractivity contribution is -0.118. The number of hydrogen-bond donors (Lipinski definition) is 1. The van der Waals surface area contributed by atoms with Crippen LogP contribution >= 0.6 is 0 Å². The largest absolute Gasteiger partial charge is 0.391 e. The molecule has 2 unspecified atom stereocenters. The fourth-order valence-electron chi connectivity index (χ4n) is 2.90. The normalized spacial score (nSPS) is 26.2. The predicted molar refractivity (Wildman–Crippen MR) is 70.0 cm³/mol. The fraction of sp³-hybridized carbons (Fsp3) is 0.929. The van der Waals surface area contributed by atoms with Crippen LogP contribution in [0.15, 0.2) is 0 Å². The fourth-order valence-corrected chi connectivity index (χ4v) is 2.90. The van der Waals surface area contributed by atoms with Crippen LogP contribution in [0, 0.1) is 5.41 Å². The molecular formula is C14H27NO2. The van der Waals surface area contributed by atoms with Crippen LogP contribution in [0.3, 0.4) is 0 Å². The highest BCUT2D eigenvalue weighted by Crippen LogP contribution is 2.29. The maximum atomic E-state index is 11.3. The van der Waals surface area contributed by atoms with Crippen LogP contribution in [-0.2, 0) is 4.79 Å². The number of carbonyl (C=O) groups excluding carboxylic acids is 1. The van der Waals surface area contributed by atoms with E-state index in [1.807, 2.05) is 7.05 Å². The SMILES string of the molecule is CCC(C=O)(CC)CN(C)C1CCCCC1O. The smallest absolute Gasteiger partial charge is 0.127 e. The Kier molecular flexibility index (Phi) is 5.60. The maximum Gasteiger partial charge on any atom is 0.127 e. The molecule has 0 saturated heterocycles. The van der Waals surface area contributed by atoms with Crippen LogP contribution in [0.1, 0.15) is 52.4 Å². The average Bonchev–Trinajstić information content (AvgIpc) is 2.36. The zero-order chi connectivity index (χ0) is 12.9. The third-order valence-electron chi connectivity index (χ3n) is 4.48. The number of likely N-dealkylation sites (N-methyl/N-ethyl adjacent to an activating group) is 1. The van der Waals surface area contributed by atoms with Gasteiger partial charge in [0, 0.05) is 18.0 Å². The molecule has 2 atom stereocenters. The number of rotatable bonds is 6. The lowest BCUT2D eigenvalue weighted by atomic mass is 9.82. The predicted octanol–water partition coefficient (Wildman–Crippen LogP) is 2.23. The minimum Gasteiger partial charge on any atom is -0.391 e. The highest BCUT2D eigenvalue weighted by atomic mass is 16.3. The molecule has 3 nitrogen and oxygen atoms in total. The second-order valence-electron chi connectivity index (χ2n) is 5.52. The van der Waals surface area contributed by atoms with Gasteiger partial charge in [-0.25, -0.2) is 0 Å². The summed E-state index contributed by atoms with van der Waals surface area (Å²) in [6.07, 6.45) is 6.93. The van der Waals surface area contributed by atoms with Gasteiger partial charge in [-0.2, -0.15) is 0 Å². The molecule has 0 amide bonds. The first-order valence-corrected chi connectivity index (χ1v) is 6.93. The van der Waals surface area contributed by atoms with E-state index in [0.717, 1.165) is 44.9 Å². The van der Waals surface area contributed by atoms with E-state index < -0.39 is 0 Å². The molecule has 0 aromatic carbocycles. The highest BCUT2D eigenvalue weighted by molar-refractivity contribution is 5.59. The summed E-state index contributed by atoms with van der Waals surface area (Å²) in [4.78, 5) is 13.5. The van der Waals surface area contributed by atoms with Gasteiger partial charge in [0.05, 0.1) is 6.10 Å². The van der Waals surface area contributed by atoms with Gasteiger partial charge in [0.1, 0.15) is 6.29 Å². The van der Waals surface area contributed by atoms with Crippen LogP contribution in [0.25, 0.3) is 0 Å². The monoisotopic (exact) mass is 241 g/mol. The number of aliphatic hydroxyl groups excluding tert-OH is 1. The zero-order valence-electron chi connectivity index (χ0n) is 11.5. The van der Waals surface area contributed by atoms with Gasteiger partial charge < -0.3 is 9.90 Å². The summed E-state index contributed by atoms with van der Waals surface area (Å²) in [6, 6.07) is 0.237. The first-order valence-electron chi connectivity index (χ1n) is 6.93. The summed E-state index contributed by atoms with van der Waals surface area (Å²) >= 11 is 0. The Balaban J connectivity index is 2.62. The standard InChI is InChI=1S/C14H27NO2/c1-4-14(5-2,11-16)10-15(3)12-8-6-7-9-13(12)17/h11-13,17H,4-10H2,1-3H3. The third kappa shape index (κ3) is 3.52. The van der Waals surface area contributed by atoms with E-state index in [0.29, 0.717) is 0 Å². The molecule has 100 valence electrons. The summed E-state index contributed by atoms with van der Waals surface area (Å²) in [5, 5.41) is 10.0. The quantitative estimate of drug-likeness (QED) is 0.725. The lowest BCUT2D eigenvalue weighted by Crippen LogP contribution is -2.48. The van der Waals surface area contributed by atoms with Crippen molar-refractivity contribution in [1.29, 1.82) is 0 Å². The number of nitrogens with zero attached hydrogens (tertiary/aromatic N) is 1. The summed E-state index contributed by atoms with van der Waals surface area (Å²) < 4.78 is 0. The van der Waals surface area contributed by atoms with Crippen LogP contribution in [-0.4, -0.2) is 42.0 Å². The molecule has 0 radical (unpaired) electrons. The third-order valence-corrected chi connectivity index (χ3v) is 4.48. The van der Waals surface area contributed by atoms with Gasteiger partial charge in [0.15, 0.2) is 0 Å². The van der Waals surface area contributed by atoms with Gasteiger partial charge in [0.2, 0.25) is 0 Å². The highest BCUT2D eigenvalue weighted by Gasteiger charge is 2.33. The summed E-state index contributed by atoms with van der Waals surface area (Å²) in [5.41, 5.74) is -0.230. The van der Waals surface area contributed by atoms with E-state index in [-0.39, 0.29) is 17.6 Å². The van der Waals surface area contributed by atoms with Crippen molar-refractivity contribution in [3.63, 3.8) is 0 Å². The van der Waals surface area contributed by atoms with E-state index in [1.54, 1.807) is 0 Å². The number of carbonyl (C=O) groups is 1. The molecule has 1 rings (SSSR count). The van der Waals surface area contributed by atoms with E-state index >= 15 is 0 Å². The summed E-state index contributed by atoms with van der Waals surface area (Å²) in [6.45, 7) is 4.91. The van der Waals surface area contributed by atoms with Crippen LogP contribution < -0.4 is 0 Å². The molecule has 1 saturated carbocycles. The van der Waals surface area contributed by atoms with E-state index in [2.05, 4.69) is 18.7 Å². The minimum atomic E-state index is -0.230. The van der Waals surface area contributed by atoms with Gasteiger partial charge >= 0.3 is 0 Å². The van der Waals surface area contributed by atoms with E-state index in [4.69, 9.17) is 0 Å². The average molecular weight is 241 g/mol. The van der Waals surface area contributed by atoms with Gasteiger partial charge in [-0.1, -0.05) is 26.7 Å². The number of hydrogen-bond acceptors (Lipinski definition) is 3. The topological polar surface area (TPSA) is 40.5 Å².